The lowest BCUT2D eigenvalue weighted by Crippen LogP contribution is -2.44. The molecule has 0 bridgehead atoms. The van der Waals surface area contributed by atoms with E-state index in [9.17, 15) is 0 Å². The van der Waals surface area contributed by atoms with Crippen LogP contribution in [0.25, 0.3) is 0 Å². The van der Waals surface area contributed by atoms with Gasteiger partial charge in [-0.3, -0.25) is 0 Å². The maximum atomic E-state index is 6.15. The first-order valence-electron chi connectivity index (χ1n) is 5.33. The van der Waals surface area contributed by atoms with Crippen molar-refractivity contribution in [1.29, 1.82) is 0 Å². The molecule has 2 saturated heterocycles. The Bertz CT molecular complexity index is 151. The van der Waals surface area contributed by atoms with Crippen molar-refractivity contribution < 1.29 is 9.47 Å². The molecule has 2 aliphatic rings. The highest BCUT2D eigenvalue weighted by Crippen LogP contribution is 2.24. The van der Waals surface area contributed by atoms with Crippen molar-refractivity contribution in [3.63, 3.8) is 0 Å². The van der Waals surface area contributed by atoms with Crippen molar-refractivity contribution in [3.8, 4) is 0 Å². The Morgan fingerprint density at radius 1 is 1.15 bits per heavy atom. The predicted molar refractivity (Wildman–Crippen MR) is 50.5 cm³/mol. The number of ether oxygens (including phenoxy) is 2. The highest BCUT2D eigenvalue weighted by molar-refractivity contribution is 4.84. The van der Waals surface area contributed by atoms with Gasteiger partial charge in [-0.2, -0.15) is 0 Å². The fourth-order valence-electron chi connectivity index (χ4n) is 2.28. The summed E-state index contributed by atoms with van der Waals surface area (Å²) in [5.41, 5.74) is 6.15. The lowest BCUT2D eigenvalue weighted by atomic mass is 9.90. The van der Waals surface area contributed by atoms with Crippen LogP contribution in [0.15, 0.2) is 0 Å². The summed E-state index contributed by atoms with van der Waals surface area (Å²) in [6.07, 6.45) is 4.97. The van der Waals surface area contributed by atoms with Crippen LogP contribution in [0.5, 0.6) is 0 Å². The maximum Gasteiger partial charge on any atom is 0.0730 e. The van der Waals surface area contributed by atoms with Gasteiger partial charge >= 0.3 is 0 Å². The molecule has 3 unspecified atom stereocenters. The van der Waals surface area contributed by atoms with Crippen LogP contribution in [0.2, 0.25) is 0 Å². The Hall–Kier alpha value is -0.120. The molecule has 3 heteroatoms. The van der Waals surface area contributed by atoms with Gasteiger partial charge < -0.3 is 15.2 Å². The molecule has 0 aliphatic carbocycles. The fraction of sp³-hybridized carbons (Fsp3) is 1.00. The highest BCUT2D eigenvalue weighted by Gasteiger charge is 2.30. The highest BCUT2D eigenvalue weighted by atomic mass is 16.5. The zero-order valence-corrected chi connectivity index (χ0v) is 8.08. The third-order valence-electron chi connectivity index (χ3n) is 3.13. The largest absolute Gasteiger partial charge is 0.381 e. The Morgan fingerprint density at radius 2 is 2.00 bits per heavy atom. The molecule has 13 heavy (non-hydrogen) atoms. The number of hydrogen-bond donors (Lipinski definition) is 1. The van der Waals surface area contributed by atoms with Crippen molar-refractivity contribution in [3.05, 3.63) is 0 Å². The van der Waals surface area contributed by atoms with Gasteiger partial charge in [0.15, 0.2) is 0 Å². The van der Waals surface area contributed by atoms with Crippen LogP contribution in [-0.4, -0.2) is 32.0 Å². The average molecular weight is 185 g/mol. The lowest BCUT2D eigenvalue weighted by molar-refractivity contribution is 0.00688. The second kappa shape index (κ2) is 4.40. The second-order valence-corrected chi connectivity index (χ2v) is 4.11. The van der Waals surface area contributed by atoms with Crippen LogP contribution >= 0.6 is 0 Å². The summed E-state index contributed by atoms with van der Waals surface area (Å²) in [5.74, 6) is 0.525. The molecular weight excluding hydrogens is 166 g/mol. The quantitative estimate of drug-likeness (QED) is 0.695. The summed E-state index contributed by atoms with van der Waals surface area (Å²) in [7, 11) is 0. The molecule has 0 spiro atoms. The van der Waals surface area contributed by atoms with Crippen LogP contribution in [0, 0.1) is 5.92 Å². The summed E-state index contributed by atoms with van der Waals surface area (Å²) in [6, 6.07) is 0.197. The van der Waals surface area contributed by atoms with Crippen molar-refractivity contribution in [2.45, 2.75) is 37.8 Å². The van der Waals surface area contributed by atoms with E-state index in [0.717, 1.165) is 32.7 Å². The summed E-state index contributed by atoms with van der Waals surface area (Å²) in [5, 5.41) is 0. The molecule has 3 nitrogen and oxygen atoms in total. The second-order valence-electron chi connectivity index (χ2n) is 4.11. The van der Waals surface area contributed by atoms with Gasteiger partial charge in [-0.25, -0.2) is 0 Å². The van der Waals surface area contributed by atoms with Crippen LogP contribution in [0.3, 0.4) is 0 Å². The molecule has 0 aromatic carbocycles. The molecule has 2 fully saturated rings. The van der Waals surface area contributed by atoms with Crippen molar-refractivity contribution in [2.75, 3.05) is 19.8 Å². The summed E-state index contributed by atoms with van der Waals surface area (Å²) < 4.78 is 11.0. The van der Waals surface area contributed by atoms with Gasteiger partial charge in [-0.1, -0.05) is 0 Å². The molecule has 0 saturated carbocycles. The molecule has 2 rings (SSSR count). The molecule has 0 radical (unpaired) electrons. The minimum atomic E-state index is 0.197. The van der Waals surface area contributed by atoms with Gasteiger partial charge in [-0.15, -0.1) is 0 Å². The first-order valence-corrected chi connectivity index (χ1v) is 5.33. The Kier molecular flexibility index (Phi) is 3.19. The van der Waals surface area contributed by atoms with E-state index in [1.165, 1.54) is 12.8 Å². The van der Waals surface area contributed by atoms with Gasteiger partial charge in [0.05, 0.1) is 12.7 Å². The van der Waals surface area contributed by atoms with Gasteiger partial charge in [0, 0.05) is 19.3 Å². The first kappa shape index (κ1) is 9.44. The molecule has 0 aromatic rings. The molecule has 0 amide bonds. The molecule has 0 aromatic heterocycles. The molecule has 2 heterocycles. The van der Waals surface area contributed by atoms with E-state index in [1.807, 2.05) is 0 Å². The molecule has 2 aliphatic heterocycles. The number of hydrogen-bond acceptors (Lipinski definition) is 3. The van der Waals surface area contributed by atoms with E-state index in [-0.39, 0.29) is 6.04 Å². The number of rotatable bonds is 2. The van der Waals surface area contributed by atoms with E-state index in [1.54, 1.807) is 0 Å². The molecule has 2 N–H and O–H groups in total. The van der Waals surface area contributed by atoms with Crippen LogP contribution in [0.1, 0.15) is 25.7 Å². The normalized spacial score (nSPS) is 37.6. The Balaban J connectivity index is 1.83. The average Bonchev–Trinajstić information content (AvgIpc) is 2.71. The lowest BCUT2D eigenvalue weighted by Gasteiger charge is -2.30. The van der Waals surface area contributed by atoms with Gasteiger partial charge in [0.2, 0.25) is 0 Å². The van der Waals surface area contributed by atoms with E-state index in [4.69, 9.17) is 15.2 Å². The Labute approximate surface area is 79.6 Å². The van der Waals surface area contributed by atoms with Gasteiger partial charge in [0.1, 0.15) is 0 Å². The zero-order chi connectivity index (χ0) is 9.10. The molecule has 76 valence electrons. The number of nitrogens with two attached hydrogens (primary N) is 1. The minimum absolute atomic E-state index is 0.197. The summed E-state index contributed by atoms with van der Waals surface area (Å²) in [4.78, 5) is 0. The van der Waals surface area contributed by atoms with Crippen molar-refractivity contribution in [1.82, 2.24) is 0 Å². The van der Waals surface area contributed by atoms with E-state index in [2.05, 4.69) is 0 Å². The SMILES string of the molecule is NC(C1CCCOC1)C1CCCO1. The molecular formula is C10H19NO2. The Morgan fingerprint density at radius 3 is 2.62 bits per heavy atom. The van der Waals surface area contributed by atoms with E-state index in [0.29, 0.717) is 12.0 Å². The minimum Gasteiger partial charge on any atom is -0.381 e. The third kappa shape index (κ3) is 2.22. The molecule has 3 atom stereocenters. The summed E-state index contributed by atoms with van der Waals surface area (Å²) in [6.45, 7) is 2.64. The van der Waals surface area contributed by atoms with Crippen LogP contribution in [-0.2, 0) is 9.47 Å². The van der Waals surface area contributed by atoms with Crippen LogP contribution < -0.4 is 5.73 Å². The smallest absolute Gasteiger partial charge is 0.0730 e. The summed E-state index contributed by atoms with van der Waals surface area (Å²) >= 11 is 0. The third-order valence-corrected chi connectivity index (χ3v) is 3.13. The van der Waals surface area contributed by atoms with Crippen molar-refractivity contribution in [2.24, 2.45) is 11.7 Å². The van der Waals surface area contributed by atoms with Crippen LogP contribution in [0.4, 0.5) is 0 Å². The fourth-order valence-corrected chi connectivity index (χ4v) is 2.28. The van der Waals surface area contributed by atoms with E-state index >= 15 is 0 Å². The van der Waals surface area contributed by atoms with Gasteiger partial charge in [0.25, 0.3) is 0 Å². The zero-order valence-electron chi connectivity index (χ0n) is 8.08. The van der Waals surface area contributed by atoms with Gasteiger partial charge in [-0.05, 0) is 31.6 Å². The van der Waals surface area contributed by atoms with Crippen molar-refractivity contribution >= 4 is 0 Å². The topological polar surface area (TPSA) is 44.5 Å². The predicted octanol–water partition coefficient (Wildman–Crippen LogP) is 0.919. The first-order chi connectivity index (χ1) is 6.38. The standard InChI is InChI=1S/C10H19NO2/c11-10(9-4-2-6-13-9)8-3-1-5-12-7-8/h8-10H,1-7,11H2. The van der Waals surface area contributed by atoms with E-state index < -0.39 is 0 Å². The maximum absolute atomic E-state index is 6.15. The monoisotopic (exact) mass is 185 g/mol.